The van der Waals surface area contributed by atoms with Gasteiger partial charge in [-0.1, -0.05) is 182 Å². The number of ketones is 1. The Bertz CT molecular complexity index is 6340. The van der Waals surface area contributed by atoms with E-state index in [-0.39, 0.29) is 11.2 Å². The summed E-state index contributed by atoms with van der Waals surface area (Å²) in [6.45, 7) is 19.5. The van der Waals surface area contributed by atoms with Crippen LogP contribution in [0.3, 0.4) is 0 Å². The number of fused-ring (bicyclic) bond motifs is 8. The van der Waals surface area contributed by atoms with E-state index in [1.807, 2.05) is 146 Å². The van der Waals surface area contributed by atoms with E-state index in [2.05, 4.69) is 297 Å². The average molecular weight is 1830 g/mol. The Morgan fingerprint density at radius 1 is 0.241 bits per heavy atom. The first kappa shape index (κ1) is 87.8. The summed E-state index contributed by atoms with van der Waals surface area (Å²) in [4.78, 5) is 33.7. The highest BCUT2D eigenvalue weighted by Gasteiger charge is 2.32. The zero-order valence-electron chi connectivity index (χ0n) is 77.2. The molecule has 0 saturated carbocycles. The molecular weight excluding hydrogens is 1720 g/mol. The lowest BCUT2D eigenvalue weighted by molar-refractivity contribution is 0.103. The fourth-order valence-corrected chi connectivity index (χ4v) is 19.4. The van der Waals surface area contributed by atoms with Crippen molar-refractivity contribution in [1.82, 2.24) is 0 Å². The molecule has 0 saturated heterocycles. The molecule has 18 nitrogen and oxygen atoms in total. The normalized spacial score (nSPS) is 14.7. The molecule has 16 aromatic rings. The van der Waals surface area contributed by atoms with Crippen LogP contribution in [-0.4, -0.2) is 59.6 Å². The van der Waals surface area contributed by atoms with Crippen LogP contribution in [0.4, 0.5) is 45.5 Å². The zero-order chi connectivity index (χ0) is 92.6. The molecule has 684 valence electrons. The lowest BCUT2D eigenvalue weighted by atomic mass is 9.77. The Labute approximate surface area is 805 Å². The molecule has 0 spiro atoms. The Balaban J connectivity index is 0.000000109. The standard InChI is InChI=1S/C33H34N2O2.C29H24N2O3.C28H24N2O3.C28H24N2O2S/c1-23-5-11-29(12-6-23)34-19-25-17-27(9-15-31(25)36-21-34)33(3,4)28-10-16-32-26(18-28)20-35(22-37-32)30-13-7-24(2)8-14-30;32-29(21-11-13-27-23(15-21)17-30(19-33-27)25-7-3-1-4-8-25)22-12-14-28-24(16-22)18-31(20-34-28)26-9-5-2-6-10-26;2*1-3-7-23(8-4-1)29-17-21-15-25(11-13-27(21)31-19-29)33-26-12-14-28-22(16-26)18-30(20-32-28)24-9-5-2-6-10-24/h5-18H,19-22H2,1-4H3;1-16H,17-20H2;2*1-16H,17-20H2. The van der Waals surface area contributed by atoms with Crippen LogP contribution < -0.4 is 81.8 Å². The second-order valence-electron chi connectivity index (χ2n) is 36.0. The first-order valence-corrected chi connectivity index (χ1v) is 47.5. The lowest BCUT2D eigenvalue weighted by Gasteiger charge is -2.34. The monoisotopic (exact) mass is 1830 g/mol. The molecule has 19 heteroatoms. The summed E-state index contributed by atoms with van der Waals surface area (Å²) in [5.41, 5.74) is 24.6. The molecule has 0 atom stereocenters. The van der Waals surface area contributed by atoms with E-state index in [4.69, 9.17) is 42.6 Å². The number of para-hydroxylation sites is 6. The van der Waals surface area contributed by atoms with E-state index >= 15 is 0 Å². The van der Waals surface area contributed by atoms with Gasteiger partial charge in [0.25, 0.3) is 0 Å². The molecule has 16 aromatic carbocycles. The van der Waals surface area contributed by atoms with Crippen molar-refractivity contribution in [3.8, 4) is 57.5 Å². The Morgan fingerprint density at radius 3 is 0.730 bits per heavy atom. The maximum absolute atomic E-state index is 13.4. The molecule has 0 unspecified atom stereocenters. The first-order valence-electron chi connectivity index (χ1n) is 46.7. The van der Waals surface area contributed by atoms with Gasteiger partial charge in [0.15, 0.2) is 59.6 Å². The first-order chi connectivity index (χ1) is 67.2. The van der Waals surface area contributed by atoms with Gasteiger partial charge in [0, 0.05) is 169 Å². The van der Waals surface area contributed by atoms with Gasteiger partial charge in [-0.3, -0.25) is 4.79 Å². The lowest BCUT2D eigenvalue weighted by Crippen LogP contribution is -2.33. The summed E-state index contributed by atoms with van der Waals surface area (Å²) >= 11 is 1.78. The molecule has 0 N–H and O–H groups in total. The quantitative estimate of drug-likeness (QED) is 0.0851. The maximum Gasteiger partial charge on any atom is 0.193 e. The third-order valence-corrected chi connectivity index (χ3v) is 27.2. The third kappa shape index (κ3) is 20.2. The second-order valence-corrected chi connectivity index (χ2v) is 37.1. The predicted octanol–water partition coefficient (Wildman–Crippen LogP) is 25.7. The van der Waals surface area contributed by atoms with E-state index < -0.39 is 0 Å². The molecule has 0 fully saturated rings. The van der Waals surface area contributed by atoms with Gasteiger partial charge in [0.1, 0.15) is 57.5 Å². The van der Waals surface area contributed by atoms with Gasteiger partial charge in [-0.2, -0.15) is 0 Å². The summed E-state index contributed by atoms with van der Waals surface area (Å²) in [5, 5.41) is 0. The number of benzene rings is 16. The highest BCUT2D eigenvalue weighted by Crippen LogP contribution is 2.45. The molecule has 0 amide bonds. The van der Waals surface area contributed by atoms with Crippen molar-refractivity contribution in [2.45, 2.75) is 95.3 Å². The van der Waals surface area contributed by atoms with Crippen LogP contribution in [0, 0.1) is 13.8 Å². The van der Waals surface area contributed by atoms with Crippen LogP contribution in [0.2, 0.25) is 0 Å². The Morgan fingerprint density at radius 2 is 0.460 bits per heavy atom. The van der Waals surface area contributed by atoms with Gasteiger partial charge >= 0.3 is 0 Å². The van der Waals surface area contributed by atoms with E-state index in [1.54, 1.807) is 11.8 Å². The largest absolute Gasteiger partial charge is 0.473 e. The highest BCUT2D eigenvalue weighted by atomic mass is 32.2. The van der Waals surface area contributed by atoms with E-state index in [0.717, 1.165) is 142 Å². The average Bonchev–Trinajstić information content (AvgIpc) is 0.765. The summed E-state index contributed by atoms with van der Waals surface area (Å²) < 4.78 is 54.4. The number of carbonyl (C=O) groups is 1. The van der Waals surface area contributed by atoms with Gasteiger partial charge < -0.3 is 81.8 Å². The van der Waals surface area contributed by atoms with Gasteiger partial charge in [0.05, 0.1) is 0 Å². The van der Waals surface area contributed by atoms with Crippen LogP contribution >= 0.6 is 11.8 Å². The number of anilines is 8. The third-order valence-electron chi connectivity index (χ3n) is 26.2. The van der Waals surface area contributed by atoms with Crippen molar-refractivity contribution in [3.63, 3.8) is 0 Å². The minimum Gasteiger partial charge on any atom is -0.473 e. The topological polar surface area (TPSA) is 126 Å². The number of hydrogen-bond acceptors (Lipinski definition) is 19. The molecule has 0 aromatic heterocycles. The summed E-state index contributed by atoms with van der Waals surface area (Å²) in [6, 6.07) is 129. The maximum atomic E-state index is 13.4. The van der Waals surface area contributed by atoms with E-state index in [1.165, 1.54) is 77.0 Å². The number of carbonyl (C=O) groups excluding carboxylic acids is 1. The molecule has 0 aliphatic carbocycles. The molecule has 8 aliphatic rings. The minimum atomic E-state index is -0.164. The Hall–Kier alpha value is -15.9. The van der Waals surface area contributed by atoms with Crippen LogP contribution in [0.25, 0.3) is 0 Å². The van der Waals surface area contributed by atoms with Gasteiger partial charge in [0.2, 0.25) is 0 Å². The molecule has 137 heavy (non-hydrogen) atoms. The van der Waals surface area contributed by atoms with Gasteiger partial charge in [-0.15, -0.1) is 0 Å². The Kier molecular flexibility index (Phi) is 25.5. The number of ether oxygens (including phenoxy) is 9. The predicted molar refractivity (Wildman–Crippen MR) is 546 cm³/mol. The van der Waals surface area contributed by atoms with E-state index in [9.17, 15) is 4.79 Å². The van der Waals surface area contributed by atoms with Gasteiger partial charge in [-0.05, 0) is 255 Å². The summed E-state index contributed by atoms with van der Waals surface area (Å²) in [7, 11) is 0. The fourth-order valence-electron chi connectivity index (χ4n) is 18.4. The van der Waals surface area contributed by atoms with Crippen LogP contribution in [0.1, 0.15) is 96.5 Å². The molecule has 0 radical (unpaired) electrons. The van der Waals surface area contributed by atoms with Crippen molar-refractivity contribution in [2.75, 3.05) is 93.0 Å². The van der Waals surface area contributed by atoms with Crippen molar-refractivity contribution in [3.05, 3.63) is 454 Å². The fraction of sp³-hybridized carbons (Fsp3) is 0.178. The number of aryl methyl sites for hydroxylation is 2. The molecule has 8 heterocycles. The molecule has 8 aliphatic heterocycles. The van der Waals surface area contributed by atoms with Crippen molar-refractivity contribution < 1.29 is 47.4 Å². The minimum absolute atomic E-state index is 0.000677. The summed E-state index contributed by atoms with van der Waals surface area (Å²) in [6.07, 6.45) is 0. The molecule has 24 rings (SSSR count). The second kappa shape index (κ2) is 39.7. The SMILES string of the molecule is Cc1ccc(N2COc3ccc(C(C)(C)c4ccc5c(c4)CN(c4ccc(C)cc4)CO5)cc3C2)cc1.O=C(c1ccc2c(c1)CN(c1ccccc1)CO2)c1ccc2c(c1)CN(c1ccccc1)CO2.c1ccc(N2COc3ccc(Oc4ccc5c(c4)CN(c4ccccc4)CO5)cc3C2)cc1.c1ccc(N2COc3ccc(Sc4ccc5c(c4)CN(c4ccccc4)CO5)cc3C2)cc1. The van der Waals surface area contributed by atoms with Crippen molar-refractivity contribution in [1.29, 1.82) is 0 Å². The zero-order valence-corrected chi connectivity index (χ0v) is 78.0. The summed E-state index contributed by atoms with van der Waals surface area (Å²) in [5.74, 6) is 8.99. The van der Waals surface area contributed by atoms with Crippen molar-refractivity contribution >= 4 is 63.0 Å². The smallest absolute Gasteiger partial charge is 0.193 e. The van der Waals surface area contributed by atoms with Crippen LogP contribution in [0.15, 0.2) is 386 Å². The highest BCUT2D eigenvalue weighted by molar-refractivity contribution is 7.99. The van der Waals surface area contributed by atoms with Crippen LogP contribution in [0.5, 0.6) is 57.5 Å². The number of hydrogen-bond donors (Lipinski definition) is 0. The van der Waals surface area contributed by atoms with Crippen molar-refractivity contribution in [2.24, 2.45) is 0 Å². The van der Waals surface area contributed by atoms with Crippen LogP contribution in [-0.2, 0) is 57.8 Å². The molecule has 0 bridgehead atoms. The number of nitrogens with zero attached hydrogens (tertiary/aromatic N) is 8. The van der Waals surface area contributed by atoms with E-state index in [0.29, 0.717) is 78.1 Å². The molecular formula is C118H106N8O10S. The number of rotatable bonds is 16. The van der Waals surface area contributed by atoms with Gasteiger partial charge in [-0.25, -0.2) is 0 Å².